The van der Waals surface area contributed by atoms with Gasteiger partial charge >= 0.3 is 0 Å². The number of nitrogens with zero attached hydrogens (tertiary/aromatic N) is 3. The minimum absolute atomic E-state index is 0.109. The van der Waals surface area contributed by atoms with Gasteiger partial charge in [0.05, 0.1) is 37.5 Å². The monoisotopic (exact) mass is 451 g/mol. The maximum absolute atomic E-state index is 13.4. The molecule has 0 unspecified atom stereocenters. The highest BCUT2D eigenvalue weighted by molar-refractivity contribution is 6.08. The van der Waals surface area contributed by atoms with Crippen molar-refractivity contribution < 1.29 is 14.3 Å². The van der Waals surface area contributed by atoms with E-state index in [-0.39, 0.29) is 5.78 Å². The zero-order chi connectivity index (χ0) is 23.7. The van der Waals surface area contributed by atoms with Crippen molar-refractivity contribution in [3.05, 3.63) is 101 Å². The molecule has 0 fully saturated rings. The highest BCUT2D eigenvalue weighted by Gasteiger charge is 2.21. The second-order valence-electron chi connectivity index (χ2n) is 8.05. The fraction of sp³-hybridized carbons (Fsp3) is 0.143. The number of rotatable bonds is 7. The summed E-state index contributed by atoms with van der Waals surface area (Å²) < 4.78 is 14.8. The summed E-state index contributed by atoms with van der Waals surface area (Å²) in [6, 6.07) is 23.9. The maximum atomic E-state index is 13.4. The number of para-hydroxylation sites is 2. The molecule has 0 saturated carbocycles. The van der Waals surface area contributed by atoms with E-state index in [1.807, 2.05) is 65.9 Å². The zero-order valence-electron chi connectivity index (χ0n) is 19.4. The van der Waals surface area contributed by atoms with Crippen LogP contribution in [0.4, 0.5) is 0 Å². The van der Waals surface area contributed by atoms with Gasteiger partial charge in [-0.25, -0.2) is 4.98 Å². The first-order valence-electron chi connectivity index (χ1n) is 11.1. The van der Waals surface area contributed by atoms with Crippen LogP contribution in [-0.2, 0) is 6.54 Å². The average molecular weight is 452 g/mol. The van der Waals surface area contributed by atoms with Crippen molar-refractivity contribution >= 4 is 28.7 Å². The lowest BCUT2D eigenvalue weighted by Gasteiger charge is -2.07. The second kappa shape index (κ2) is 8.90. The molecule has 0 saturated heterocycles. The van der Waals surface area contributed by atoms with Crippen molar-refractivity contribution in [2.24, 2.45) is 0 Å². The predicted octanol–water partition coefficient (Wildman–Crippen LogP) is 5.56. The van der Waals surface area contributed by atoms with Crippen molar-refractivity contribution in [2.45, 2.75) is 13.5 Å². The van der Waals surface area contributed by atoms with Crippen molar-refractivity contribution in [2.75, 3.05) is 14.2 Å². The number of fused-ring (bicyclic) bond motifs is 3. The Bertz CT molecular complexity index is 1530. The summed E-state index contributed by atoms with van der Waals surface area (Å²) in [6.07, 6.45) is 3.37. The van der Waals surface area contributed by atoms with Gasteiger partial charge in [0.1, 0.15) is 5.69 Å². The summed E-state index contributed by atoms with van der Waals surface area (Å²) in [5.41, 5.74) is 5.27. The summed E-state index contributed by atoms with van der Waals surface area (Å²) in [5.74, 6) is 1.90. The molecule has 0 aliphatic heterocycles. The minimum atomic E-state index is -0.109. The summed E-state index contributed by atoms with van der Waals surface area (Å²) >= 11 is 0. The van der Waals surface area contributed by atoms with E-state index < -0.39 is 0 Å². The van der Waals surface area contributed by atoms with Crippen molar-refractivity contribution in [1.82, 2.24) is 14.0 Å². The molecule has 0 N–H and O–H groups in total. The fourth-order valence-electron chi connectivity index (χ4n) is 4.33. The van der Waals surface area contributed by atoms with Crippen LogP contribution in [0.1, 0.15) is 27.3 Å². The first-order chi connectivity index (χ1) is 16.6. The van der Waals surface area contributed by atoms with Gasteiger partial charge in [-0.05, 0) is 48.4 Å². The summed E-state index contributed by atoms with van der Waals surface area (Å²) in [5, 5.41) is 0. The van der Waals surface area contributed by atoms with E-state index >= 15 is 0 Å². The maximum Gasteiger partial charge on any atom is 0.216 e. The average Bonchev–Trinajstić information content (AvgIpc) is 3.36. The number of benzene rings is 3. The molecular weight excluding hydrogens is 426 g/mol. The quantitative estimate of drug-likeness (QED) is 0.240. The molecule has 0 aliphatic carbocycles. The lowest BCUT2D eigenvalue weighted by molar-refractivity contribution is 0.104. The summed E-state index contributed by atoms with van der Waals surface area (Å²) in [6.45, 7) is 2.55. The lowest BCUT2D eigenvalue weighted by atomic mass is 10.1. The molecule has 0 atom stereocenters. The van der Waals surface area contributed by atoms with Crippen molar-refractivity contribution in [3.63, 3.8) is 0 Å². The number of allylic oxidation sites excluding steroid dienone is 1. The predicted molar refractivity (Wildman–Crippen MR) is 134 cm³/mol. The number of carbonyl (C=O) groups is 1. The number of hydrogen-bond donors (Lipinski definition) is 0. The van der Waals surface area contributed by atoms with Gasteiger partial charge in [-0.3, -0.25) is 9.20 Å². The molecular formula is C28H25N3O3. The third-order valence-corrected chi connectivity index (χ3v) is 5.94. The number of methoxy groups -OCH3 is 2. The lowest BCUT2D eigenvalue weighted by Crippen LogP contribution is -2.02. The third kappa shape index (κ3) is 3.73. The number of aryl methyl sites for hydroxylation is 1. The van der Waals surface area contributed by atoms with Gasteiger partial charge in [0.25, 0.3) is 0 Å². The molecule has 6 nitrogen and oxygen atoms in total. The Morgan fingerprint density at radius 3 is 2.35 bits per heavy atom. The first-order valence-corrected chi connectivity index (χ1v) is 11.1. The summed E-state index contributed by atoms with van der Waals surface area (Å²) in [7, 11) is 3.19. The van der Waals surface area contributed by atoms with Gasteiger partial charge in [0.15, 0.2) is 11.5 Å². The molecule has 3 aromatic carbocycles. The summed E-state index contributed by atoms with van der Waals surface area (Å²) in [4.78, 5) is 18.2. The van der Waals surface area contributed by atoms with Crippen LogP contribution in [0.2, 0.25) is 0 Å². The van der Waals surface area contributed by atoms with Crippen LogP contribution in [0.15, 0.2) is 78.9 Å². The van der Waals surface area contributed by atoms with Crippen LogP contribution >= 0.6 is 0 Å². The van der Waals surface area contributed by atoms with Gasteiger partial charge < -0.3 is 14.0 Å². The Hall–Kier alpha value is -4.32. The van der Waals surface area contributed by atoms with Crippen LogP contribution < -0.4 is 9.47 Å². The molecule has 0 spiro atoms. The van der Waals surface area contributed by atoms with Gasteiger partial charge in [0, 0.05) is 0 Å². The normalized spacial score (nSPS) is 11.5. The van der Waals surface area contributed by atoms with E-state index in [1.165, 1.54) is 5.56 Å². The molecule has 5 rings (SSSR count). The van der Waals surface area contributed by atoms with E-state index in [0.29, 0.717) is 29.4 Å². The smallest absolute Gasteiger partial charge is 0.216 e. The number of carbonyl (C=O) groups excluding carboxylic acids is 1. The minimum Gasteiger partial charge on any atom is -0.493 e. The van der Waals surface area contributed by atoms with Gasteiger partial charge in [0.2, 0.25) is 11.6 Å². The van der Waals surface area contributed by atoms with Crippen LogP contribution in [0.25, 0.3) is 22.9 Å². The van der Waals surface area contributed by atoms with Crippen LogP contribution in [0, 0.1) is 6.92 Å². The van der Waals surface area contributed by atoms with E-state index in [2.05, 4.69) is 22.8 Å². The molecule has 170 valence electrons. The van der Waals surface area contributed by atoms with Gasteiger partial charge in [-0.2, -0.15) is 0 Å². The van der Waals surface area contributed by atoms with Crippen molar-refractivity contribution in [1.29, 1.82) is 0 Å². The number of imidazole rings is 2. The topological polar surface area (TPSA) is 57.8 Å². The van der Waals surface area contributed by atoms with Crippen molar-refractivity contribution in [3.8, 4) is 11.5 Å². The number of ether oxygens (including phenoxy) is 2. The van der Waals surface area contributed by atoms with Gasteiger partial charge in [-0.1, -0.05) is 54.6 Å². The SMILES string of the molecule is COc1ccc(/C=C\C(=O)c2c(C)nc3n(Cc4ccccc4)c4ccccc4n23)cc1OC. The highest BCUT2D eigenvalue weighted by atomic mass is 16.5. The molecule has 2 heterocycles. The number of hydrogen-bond acceptors (Lipinski definition) is 4. The van der Waals surface area contributed by atoms with Gasteiger partial charge in [-0.15, -0.1) is 0 Å². The molecule has 2 aromatic heterocycles. The Morgan fingerprint density at radius 1 is 0.912 bits per heavy atom. The van der Waals surface area contributed by atoms with E-state index in [4.69, 9.17) is 14.5 Å². The Morgan fingerprint density at radius 2 is 1.62 bits per heavy atom. The molecule has 0 amide bonds. The first kappa shape index (κ1) is 21.5. The zero-order valence-corrected chi connectivity index (χ0v) is 19.4. The molecule has 5 aromatic rings. The Balaban J connectivity index is 1.58. The van der Waals surface area contributed by atoms with Crippen LogP contribution in [0.3, 0.4) is 0 Å². The molecule has 34 heavy (non-hydrogen) atoms. The van der Waals surface area contributed by atoms with Crippen LogP contribution in [0.5, 0.6) is 11.5 Å². The highest BCUT2D eigenvalue weighted by Crippen LogP contribution is 2.29. The number of aromatic nitrogens is 3. The number of ketones is 1. The van der Waals surface area contributed by atoms with E-state index in [0.717, 1.165) is 22.4 Å². The van der Waals surface area contributed by atoms with Crippen LogP contribution in [-0.4, -0.2) is 34.0 Å². The Labute approximate surface area is 197 Å². The van der Waals surface area contributed by atoms with E-state index in [1.54, 1.807) is 26.4 Å². The Kier molecular flexibility index (Phi) is 5.64. The molecule has 0 bridgehead atoms. The fourth-order valence-corrected chi connectivity index (χ4v) is 4.33. The second-order valence-corrected chi connectivity index (χ2v) is 8.05. The van der Waals surface area contributed by atoms with E-state index in [9.17, 15) is 4.79 Å². The molecule has 6 heteroatoms. The molecule has 0 radical (unpaired) electrons. The third-order valence-electron chi connectivity index (χ3n) is 5.94. The molecule has 0 aliphatic rings. The standard InChI is InChI=1S/C28H25N3O3/c1-19-27(24(32)15-13-20-14-16-25(33-2)26(17-20)34-3)31-23-12-8-7-11-22(23)30(28(31)29-19)18-21-9-5-4-6-10-21/h4-17H,18H2,1-3H3/b15-13-. The largest absolute Gasteiger partial charge is 0.493 e.